The maximum absolute atomic E-state index is 12.2. The van der Waals surface area contributed by atoms with Crippen molar-refractivity contribution in [3.05, 3.63) is 62.7 Å². The minimum absolute atomic E-state index is 0.0337. The van der Waals surface area contributed by atoms with Crippen molar-refractivity contribution in [3.63, 3.8) is 0 Å². The van der Waals surface area contributed by atoms with E-state index in [1.165, 1.54) is 6.07 Å². The molecule has 0 atom stereocenters. The molecule has 0 spiro atoms. The summed E-state index contributed by atoms with van der Waals surface area (Å²) in [7, 11) is 0. The number of hydrogen-bond acceptors (Lipinski definition) is 4. The van der Waals surface area contributed by atoms with Crippen molar-refractivity contribution in [2.24, 2.45) is 0 Å². The smallest absolute Gasteiger partial charge is 0.271 e. The van der Waals surface area contributed by atoms with Crippen molar-refractivity contribution in [3.8, 4) is 5.75 Å². The number of non-ortho nitro benzene ring substituents is 1. The van der Waals surface area contributed by atoms with Crippen LogP contribution in [0.5, 0.6) is 5.75 Å². The number of phenols is 1. The Morgan fingerprint density at radius 1 is 1.29 bits per heavy atom. The zero-order valence-corrected chi connectivity index (χ0v) is 11.7. The minimum atomic E-state index is -0.611. The molecule has 2 rings (SSSR count). The molecule has 0 bridgehead atoms. The van der Waals surface area contributed by atoms with Crippen LogP contribution in [0.1, 0.15) is 15.9 Å². The highest BCUT2D eigenvalue weighted by atomic mass is 35.5. The maximum Gasteiger partial charge on any atom is 0.271 e. The molecule has 0 aliphatic carbocycles. The van der Waals surface area contributed by atoms with Crippen LogP contribution in [-0.4, -0.2) is 15.9 Å². The molecule has 2 aromatic carbocycles. The average molecular weight is 307 g/mol. The SMILES string of the molecule is Cc1ccc(Cl)cc1C(=O)Nc1cc([N+](=O)[O-])ccc1O. The number of hydrogen-bond donors (Lipinski definition) is 2. The van der Waals surface area contributed by atoms with Gasteiger partial charge < -0.3 is 10.4 Å². The summed E-state index contributed by atoms with van der Waals surface area (Å²) in [5.41, 5.74) is 0.759. The number of nitro benzene ring substituents is 1. The second-order valence-electron chi connectivity index (χ2n) is 4.37. The maximum atomic E-state index is 12.2. The van der Waals surface area contributed by atoms with E-state index >= 15 is 0 Å². The number of halogens is 1. The number of amides is 1. The fourth-order valence-electron chi connectivity index (χ4n) is 1.77. The van der Waals surface area contributed by atoms with E-state index in [-0.39, 0.29) is 17.1 Å². The van der Waals surface area contributed by atoms with Gasteiger partial charge >= 0.3 is 0 Å². The van der Waals surface area contributed by atoms with Gasteiger partial charge in [0.1, 0.15) is 5.75 Å². The Kier molecular flexibility index (Phi) is 4.09. The Morgan fingerprint density at radius 3 is 2.67 bits per heavy atom. The summed E-state index contributed by atoms with van der Waals surface area (Å²) in [6.45, 7) is 1.73. The Bertz CT molecular complexity index is 731. The van der Waals surface area contributed by atoms with Crippen molar-refractivity contribution < 1.29 is 14.8 Å². The molecule has 0 aliphatic rings. The van der Waals surface area contributed by atoms with Gasteiger partial charge in [-0.2, -0.15) is 0 Å². The summed E-state index contributed by atoms with van der Waals surface area (Å²) in [5.74, 6) is -0.764. The highest BCUT2D eigenvalue weighted by Gasteiger charge is 2.15. The number of carbonyl (C=O) groups excluding carboxylic acids is 1. The number of benzene rings is 2. The van der Waals surface area contributed by atoms with Gasteiger partial charge in [0, 0.05) is 22.7 Å². The van der Waals surface area contributed by atoms with Gasteiger partial charge in [-0.25, -0.2) is 0 Å². The van der Waals surface area contributed by atoms with E-state index in [9.17, 15) is 20.0 Å². The summed E-state index contributed by atoms with van der Waals surface area (Å²) in [6, 6.07) is 8.21. The Morgan fingerprint density at radius 2 is 2.00 bits per heavy atom. The Labute approximate surface area is 125 Å². The van der Waals surface area contributed by atoms with E-state index in [1.54, 1.807) is 19.1 Å². The van der Waals surface area contributed by atoms with E-state index < -0.39 is 10.8 Å². The largest absolute Gasteiger partial charge is 0.506 e. The van der Waals surface area contributed by atoms with Gasteiger partial charge in [-0.05, 0) is 30.7 Å². The molecule has 0 radical (unpaired) electrons. The second kappa shape index (κ2) is 5.80. The third-order valence-corrected chi connectivity index (χ3v) is 3.12. The first-order valence-electron chi connectivity index (χ1n) is 5.93. The molecular formula is C14H11ClN2O4. The lowest BCUT2D eigenvalue weighted by molar-refractivity contribution is -0.384. The molecule has 2 aromatic rings. The van der Waals surface area contributed by atoms with Gasteiger partial charge in [0.25, 0.3) is 11.6 Å². The van der Waals surface area contributed by atoms with Gasteiger partial charge in [-0.3, -0.25) is 14.9 Å². The number of aromatic hydroxyl groups is 1. The van der Waals surface area contributed by atoms with Crippen LogP contribution in [-0.2, 0) is 0 Å². The predicted octanol–water partition coefficient (Wildman–Crippen LogP) is 3.51. The molecule has 0 aliphatic heterocycles. The Hall–Kier alpha value is -2.60. The third kappa shape index (κ3) is 3.29. The standard InChI is InChI=1S/C14H11ClN2O4/c1-8-2-3-9(15)6-11(8)14(19)16-12-7-10(17(20)21)4-5-13(12)18/h2-7,18H,1H3,(H,16,19). The summed E-state index contributed by atoms with van der Waals surface area (Å²) in [5, 5.41) is 23.2. The number of nitrogens with one attached hydrogen (secondary N) is 1. The van der Waals surface area contributed by atoms with Gasteiger partial charge in [0.2, 0.25) is 0 Å². The van der Waals surface area contributed by atoms with Crippen molar-refractivity contribution in [2.45, 2.75) is 6.92 Å². The van der Waals surface area contributed by atoms with Crippen LogP contribution in [0, 0.1) is 17.0 Å². The van der Waals surface area contributed by atoms with E-state index in [4.69, 9.17) is 11.6 Å². The summed E-state index contributed by atoms with van der Waals surface area (Å²) < 4.78 is 0. The lowest BCUT2D eigenvalue weighted by Crippen LogP contribution is -2.13. The number of nitrogens with zero attached hydrogens (tertiary/aromatic N) is 1. The highest BCUT2D eigenvalue weighted by molar-refractivity contribution is 6.31. The predicted molar refractivity (Wildman–Crippen MR) is 78.9 cm³/mol. The van der Waals surface area contributed by atoms with Crippen molar-refractivity contribution in [2.75, 3.05) is 5.32 Å². The van der Waals surface area contributed by atoms with Gasteiger partial charge in [-0.1, -0.05) is 17.7 Å². The van der Waals surface area contributed by atoms with Crippen molar-refractivity contribution in [1.29, 1.82) is 0 Å². The number of nitro groups is 1. The number of carbonyl (C=O) groups is 1. The number of anilines is 1. The van der Waals surface area contributed by atoms with Crippen LogP contribution in [0.15, 0.2) is 36.4 Å². The summed E-state index contributed by atoms with van der Waals surface area (Å²) in [4.78, 5) is 22.3. The lowest BCUT2D eigenvalue weighted by atomic mass is 10.1. The second-order valence-corrected chi connectivity index (χ2v) is 4.81. The zero-order chi connectivity index (χ0) is 15.6. The van der Waals surface area contributed by atoms with Crippen LogP contribution in [0.2, 0.25) is 5.02 Å². The quantitative estimate of drug-likeness (QED) is 0.515. The first-order chi connectivity index (χ1) is 9.88. The zero-order valence-electron chi connectivity index (χ0n) is 11.0. The summed E-state index contributed by atoms with van der Waals surface area (Å²) >= 11 is 5.84. The Balaban J connectivity index is 2.33. The molecule has 0 saturated heterocycles. The molecule has 1 amide bonds. The first kappa shape index (κ1) is 14.8. The molecule has 0 aromatic heterocycles. The van der Waals surface area contributed by atoms with Crippen LogP contribution in [0.3, 0.4) is 0 Å². The topological polar surface area (TPSA) is 92.5 Å². The van der Waals surface area contributed by atoms with Crippen LogP contribution < -0.4 is 5.32 Å². The van der Waals surface area contributed by atoms with Crippen molar-refractivity contribution >= 4 is 28.9 Å². The number of rotatable bonds is 3. The van der Waals surface area contributed by atoms with Gasteiger partial charge in [-0.15, -0.1) is 0 Å². The normalized spacial score (nSPS) is 10.2. The van der Waals surface area contributed by atoms with E-state index in [2.05, 4.69) is 5.32 Å². The van der Waals surface area contributed by atoms with Crippen molar-refractivity contribution in [1.82, 2.24) is 0 Å². The van der Waals surface area contributed by atoms with Gasteiger partial charge in [0.05, 0.1) is 10.6 Å². The molecular weight excluding hydrogens is 296 g/mol. The molecule has 108 valence electrons. The van der Waals surface area contributed by atoms with Crippen LogP contribution in [0.4, 0.5) is 11.4 Å². The fourth-order valence-corrected chi connectivity index (χ4v) is 1.94. The van der Waals surface area contributed by atoms with Crippen LogP contribution >= 0.6 is 11.6 Å². The molecule has 0 fully saturated rings. The molecule has 0 unspecified atom stereocenters. The van der Waals surface area contributed by atoms with E-state index in [1.807, 2.05) is 0 Å². The number of aryl methyl sites for hydroxylation is 1. The number of phenolic OH excluding ortho intramolecular Hbond substituents is 1. The lowest BCUT2D eigenvalue weighted by Gasteiger charge is -2.09. The molecule has 6 nitrogen and oxygen atoms in total. The molecule has 7 heteroatoms. The fraction of sp³-hybridized carbons (Fsp3) is 0.0714. The van der Waals surface area contributed by atoms with E-state index in [0.29, 0.717) is 16.1 Å². The average Bonchev–Trinajstić information content (AvgIpc) is 2.43. The highest BCUT2D eigenvalue weighted by Crippen LogP contribution is 2.28. The summed E-state index contributed by atoms with van der Waals surface area (Å²) in [6.07, 6.45) is 0. The molecule has 21 heavy (non-hydrogen) atoms. The molecule has 0 heterocycles. The van der Waals surface area contributed by atoms with E-state index in [0.717, 1.165) is 18.2 Å². The molecule has 0 saturated carbocycles. The molecule has 2 N–H and O–H groups in total. The minimum Gasteiger partial charge on any atom is -0.506 e. The van der Waals surface area contributed by atoms with Gasteiger partial charge in [0.15, 0.2) is 0 Å². The first-order valence-corrected chi connectivity index (χ1v) is 6.31. The van der Waals surface area contributed by atoms with Crippen LogP contribution in [0.25, 0.3) is 0 Å². The monoisotopic (exact) mass is 306 g/mol. The third-order valence-electron chi connectivity index (χ3n) is 2.88.